The quantitative estimate of drug-likeness (QED) is 0.934. The van der Waals surface area contributed by atoms with Crippen LogP contribution < -0.4 is 14.8 Å². The van der Waals surface area contributed by atoms with E-state index in [-0.39, 0.29) is 12.7 Å². The highest BCUT2D eigenvalue weighted by Crippen LogP contribution is 2.31. The van der Waals surface area contributed by atoms with Crippen molar-refractivity contribution in [2.24, 2.45) is 0 Å². The van der Waals surface area contributed by atoms with Crippen LogP contribution in [-0.4, -0.2) is 19.8 Å². The van der Waals surface area contributed by atoms with Crippen LogP contribution in [0.5, 0.6) is 11.5 Å². The third-order valence-corrected chi connectivity index (χ3v) is 3.74. The van der Waals surface area contributed by atoms with Gasteiger partial charge in [-0.05, 0) is 30.3 Å². The van der Waals surface area contributed by atoms with Crippen molar-refractivity contribution in [2.75, 3.05) is 13.9 Å². The first-order valence-electron chi connectivity index (χ1n) is 7.11. The molecule has 0 atom stereocenters. The van der Waals surface area contributed by atoms with Gasteiger partial charge in [-0.25, -0.2) is 0 Å². The average molecular weight is 334 g/mol. The number of benzene rings is 2. The molecule has 2 aromatic rings. The number of carbonyl (C=O) groups is 1. The van der Waals surface area contributed by atoms with Crippen LogP contribution in [0.15, 0.2) is 36.4 Å². The Kier molecular flexibility index (Phi) is 4.69. The number of rotatable bonds is 4. The molecule has 6 heteroatoms. The van der Waals surface area contributed by atoms with Gasteiger partial charge < -0.3 is 19.5 Å². The molecule has 0 aliphatic carbocycles. The highest BCUT2D eigenvalue weighted by molar-refractivity contribution is 6.30. The minimum Gasteiger partial charge on any atom is -0.497 e. The van der Waals surface area contributed by atoms with Crippen LogP contribution in [0.25, 0.3) is 0 Å². The zero-order valence-corrected chi connectivity index (χ0v) is 13.4. The van der Waals surface area contributed by atoms with Crippen molar-refractivity contribution < 1.29 is 19.0 Å². The maximum atomic E-state index is 12.3. The molecule has 1 N–H and O–H groups in total. The molecule has 0 saturated carbocycles. The van der Waals surface area contributed by atoms with Crippen LogP contribution in [0, 0.1) is 0 Å². The lowest BCUT2D eigenvalue weighted by molar-refractivity contribution is -0.0170. The maximum Gasteiger partial charge on any atom is 0.251 e. The van der Waals surface area contributed by atoms with Crippen molar-refractivity contribution in [3.05, 3.63) is 58.1 Å². The van der Waals surface area contributed by atoms with Gasteiger partial charge in [0.25, 0.3) is 5.91 Å². The minimum atomic E-state index is -0.190. The number of amides is 1. The Labute approximate surface area is 139 Å². The number of halogens is 1. The van der Waals surface area contributed by atoms with Gasteiger partial charge in [-0.15, -0.1) is 0 Å². The molecule has 1 amide bonds. The highest BCUT2D eigenvalue weighted by Gasteiger charge is 2.17. The second kappa shape index (κ2) is 6.89. The van der Waals surface area contributed by atoms with Gasteiger partial charge in [-0.3, -0.25) is 4.79 Å². The summed E-state index contributed by atoms with van der Waals surface area (Å²) in [5.74, 6) is 1.18. The normalized spacial score (nSPS) is 13.0. The Morgan fingerprint density at radius 3 is 3.04 bits per heavy atom. The van der Waals surface area contributed by atoms with Crippen molar-refractivity contribution in [3.8, 4) is 11.5 Å². The van der Waals surface area contributed by atoms with Crippen LogP contribution in [-0.2, 0) is 17.9 Å². The Morgan fingerprint density at radius 1 is 1.35 bits per heavy atom. The summed E-state index contributed by atoms with van der Waals surface area (Å²) in [6.07, 6.45) is 0. The lowest BCUT2D eigenvalue weighted by Gasteiger charge is -2.21. The maximum absolute atomic E-state index is 12.3. The SMILES string of the molecule is COc1cccc(C(=O)NCc2cc(Cl)cc3c2OCOC3)c1. The van der Waals surface area contributed by atoms with E-state index in [9.17, 15) is 4.79 Å². The van der Waals surface area contributed by atoms with Crippen molar-refractivity contribution in [2.45, 2.75) is 13.2 Å². The van der Waals surface area contributed by atoms with Crippen LogP contribution in [0.3, 0.4) is 0 Å². The molecule has 1 aliphatic rings. The topological polar surface area (TPSA) is 56.8 Å². The van der Waals surface area contributed by atoms with Gasteiger partial charge in [0.1, 0.15) is 11.5 Å². The summed E-state index contributed by atoms with van der Waals surface area (Å²) in [4.78, 5) is 12.3. The number of nitrogens with one attached hydrogen (secondary N) is 1. The molecule has 2 aromatic carbocycles. The van der Waals surface area contributed by atoms with Crippen molar-refractivity contribution >= 4 is 17.5 Å². The smallest absolute Gasteiger partial charge is 0.251 e. The fourth-order valence-electron chi connectivity index (χ4n) is 2.43. The first kappa shape index (κ1) is 15.6. The van der Waals surface area contributed by atoms with E-state index in [2.05, 4.69) is 5.32 Å². The number of ether oxygens (including phenoxy) is 3. The largest absolute Gasteiger partial charge is 0.497 e. The summed E-state index contributed by atoms with van der Waals surface area (Å²) < 4.78 is 15.9. The number of carbonyl (C=O) groups excluding carboxylic acids is 1. The van der Waals surface area contributed by atoms with Gasteiger partial charge in [0.2, 0.25) is 0 Å². The standard InChI is InChI=1S/C17H16ClNO4/c1-21-15-4-2-3-11(7-15)17(20)19-8-12-5-14(18)6-13-9-22-10-23-16(12)13/h2-7H,8-10H2,1H3,(H,19,20). The summed E-state index contributed by atoms with van der Waals surface area (Å²) >= 11 is 6.11. The number of methoxy groups -OCH3 is 1. The van der Waals surface area contributed by atoms with Crippen LogP contribution >= 0.6 is 11.6 Å². The molecule has 120 valence electrons. The molecule has 1 aliphatic heterocycles. The zero-order chi connectivity index (χ0) is 16.2. The third-order valence-electron chi connectivity index (χ3n) is 3.52. The second-order valence-electron chi connectivity index (χ2n) is 5.08. The molecule has 0 bridgehead atoms. The van der Waals surface area contributed by atoms with E-state index in [1.807, 2.05) is 6.07 Å². The van der Waals surface area contributed by atoms with Crippen molar-refractivity contribution in [3.63, 3.8) is 0 Å². The van der Waals surface area contributed by atoms with Gasteiger partial charge in [0, 0.05) is 28.3 Å². The van der Waals surface area contributed by atoms with Gasteiger partial charge in [-0.1, -0.05) is 17.7 Å². The van der Waals surface area contributed by atoms with Gasteiger partial charge in [0.15, 0.2) is 6.79 Å². The van der Waals surface area contributed by atoms with Crippen molar-refractivity contribution in [1.82, 2.24) is 5.32 Å². The van der Waals surface area contributed by atoms with E-state index >= 15 is 0 Å². The Hall–Kier alpha value is -2.24. The highest BCUT2D eigenvalue weighted by atomic mass is 35.5. The van der Waals surface area contributed by atoms with Gasteiger partial charge >= 0.3 is 0 Å². The van der Waals surface area contributed by atoms with Crippen LogP contribution in [0.1, 0.15) is 21.5 Å². The molecule has 0 spiro atoms. The van der Waals surface area contributed by atoms with Gasteiger partial charge in [-0.2, -0.15) is 0 Å². The minimum absolute atomic E-state index is 0.190. The van der Waals surface area contributed by atoms with Crippen molar-refractivity contribution in [1.29, 1.82) is 0 Å². The predicted molar refractivity (Wildman–Crippen MR) is 85.9 cm³/mol. The first-order valence-corrected chi connectivity index (χ1v) is 7.49. The Bertz CT molecular complexity index is 733. The molecule has 0 aromatic heterocycles. The van der Waals surface area contributed by atoms with E-state index in [1.54, 1.807) is 37.4 Å². The molecule has 1 heterocycles. The fourth-order valence-corrected chi connectivity index (χ4v) is 2.69. The first-order chi connectivity index (χ1) is 11.2. The fraction of sp³-hybridized carbons (Fsp3) is 0.235. The van der Waals surface area contributed by atoms with Crippen LogP contribution in [0.2, 0.25) is 5.02 Å². The van der Waals surface area contributed by atoms with E-state index in [0.29, 0.717) is 29.5 Å². The second-order valence-corrected chi connectivity index (χ2v) is 5.51. The van der Waals surface area contributed by atoms with E-state index in [1.165, 1.54) is 0 Å². The lowest BCUT2D eigenvalue weighted by atomic mass is 10.1. The number of hydrogen-bond acceptors (Lipinski definition) is 4. The van der Waals surface area contributed by atoms with Crippen LogP contribution in [0.4, 0.5) is 0 Å². The molecule has 0 saturated heterocycles. The average Bonchev–Trinajstić information content (AvgIpc) is 2.59. The summed E-state index contributed by atoms with van der Waals surface area (Å²) in [5.41, 5.74) is 2.24. The Balaban J connectivity index is 1.75. The molecular formula is C17H16ClNO4. The molecule has 0 unspecified atom stereocenters. The molecular weight excluding hydrogens is 318 g/mol. The molecule has 23 heavy (non-hydrogen) atoms. The Morgan fingerprint density at radius 2 is 2.22 bits per heavy atom. The molecule has 0 radical (unpaired) electrons. The summed E-state index contributed by atoms with van der Waals surface area (Å²) in [6.45, 7) is 0.969. The summed E-state index contributed by atoms with van der Waals surface area (Å²) in [7, 11) is 1.56. The third kappa shape index (κ3) is 3.57. The lowest BCUT2D eigenvalue weighted by Crippen LogP contribution is -2.24. The predicted octanol–water partition coefficient (Wildman–Crippen LogP) is 3.15. The molecule has 5 nitrogen and oxygen atoms in total. The van der Waals surface area contributed by atoms with Gasteiger partial charge in [0.05, 0.1) is 13.7 Å². The molecule has 0 fully saturated rings. The van der Waals surface area contributed by atoms with E-state index < -0.39 is 0 Å². The number of hydrogen-bond donors (Lipinski definition) is 1. The molecule has 3 rings (SSSR count). The zero-order valence-electron chi connectivity index (χ0n) is 12.6. The van der Waals surface area contributed by atoms with E-state index in [0.717, 1.165) is 16.9 Å². The number of fused-ring (bicyclic) bond motifs is 1. The van der Waals surface area contributed by atoms with E-state index in [4.69, 9.17) is 25.8 Å². The summed E-state index contributed by atoms with van der Waals surface area (Å²) in [6, 6.07) is 10.6. The summed E-state index contributed by atoms with van der Waals surface area (Å²) in [5, 5.41) is 3.46. The monoisotopic (exact) mass is 333 g/mol.